The zero-order valence-corrected chi connectivity index (χ0v) is 9.94. The number of benzene rings is 1. The van der Waals surface area contributed by atoms with Crippen LogP contribution in [0.5, 0.6) is 5.75 Å². The van der Waals surface area contributed by atoms with Crippen LogP contribution >= 0.6 is 0 Å². The van der Waals surface area contributed by atoms with Crippen LogP contribution in [0.25, 0.3) is 0 Å². The monoisotopic (exact) mass is 235 g/mol. The summed E-state index contributed by atoms with van der Waals surface area (Å²) in [6.45, 7) is 3.69. The molecule has 1 aromatic carbocycles. The van der Waals surface area contributed by atoms with Gasteiger partial charge in [0.15, 0.2) is 0 Å². The van der Waals surface area contributed by atoms with Gasteiger partial charge in [-0.1, -0.05) is 12.1 Å². The quantitative estimate of drug-likeness (QED) is 0.869. The fourth-order valence-electron chi connectivity index (χ4n) is 1.83. The standard InChI is InChI=1S/C13H17NO3/c1-2-17-12-6-4-3-5-11(12)14-13(15)10-7-8-16-9-10/h3-6,10H,2,7-9H2,1H3,(H,14,15). The molecule has 1 amide bonds. The summed E-state index contributed by atoms with van der Waals surface area (Å²) in [6.07, 6.45) is 0.794. The average molecular weight is 235 g/mol. The van der Waals surface area contributed by atoms with Crippen LogP contribution < -0.4 is 10.1 Å². The minimum atomic E-state index is -0.0373. The van der Waals surface area contributed by atoms with E-state index in [-0.39, 0.29) is 11.8 Å². The molecule has 0 aliphatic carbocycles. The molecule has 1 fully saturated rings. The third-order valence-electron chi connectivity index (χ3n) is 2.75. The van der Waals surface area contributed by atoms with E-state index < -0.39 is 0 Å². The molecule has 0 saturated carbocycles. The maximum atomic E-state index is 11.9. The number of carbonyl (C=O) groups excluding carboxylic acids is 1. The molecule has 4 heteroatoms. The molecule has 1 N–H and O–H groups in total. The summed E-state index contributed by atoms with van der Waals surface area (Å²) < 4.78 is 10.7. The number of para-hydroxylation sites is 2. The molecule has 1 unspecified atom stereocenters. The fourth-order valence-corrected chi connectivity index (χ4v) is 1.83. The van der Waals surface area contributed by atoms with E-state index in [0.717, 1.165) is 12.1 Å². The molecular weight excluding hydrogens is 218 g/mol. The van der Waals surface area contributed by atoms with Gasteiger partial charge in [-0.2, -0.15) is 0 Å². The number of hydrogen-bond donors (Lipinski definition) is 1. The van der Waals surface area contributed by atoms with Gasteiger partial charge in [0, 0.05) is 6.61 Å². The van der Waals surface area contributed by atoms with Crippen LogP contribution in [0.4, 0.5) is 5.69 Å². The lowest BCUT2D eigenvalue weighted by atomic mass is 10.1. The molecule has 1 aromatic rings. The van der Waals surface area contributed by atoms with Gasteiger partial charge < -0.3 is 14.8 Å². The maximum absolute atomic E-state index is 11.9. The molecule has 1 heterocycles. The number of hydrogen-bond acceptors (Lipinski definition) is 3. The molecule has 0 radical (unpaired) electrons. The van der Waals surface area contributed by atoms with Gasteiger partial charge in [0.1, 0.15) is 5.75 Å². The van der Waals surface area contributed by atoms with E-state index in [2.05, 4.69) is 5.32 Å². The van der Waals surface area contributed by atoms with Gasteiger partial charge in [-0.05, 0) is 25.5 Å². The zero-order valence-electron chi connectivity index (χ0n) is 9.94. The molecule has 1 aliphatic heterocycles. The van der Waals surface area contributed by atoms with E-state index in [1.807, 2.05) is 31.2 Å². The summed E-state index contributed by atoms with van der Waals surface area (Å²) in [5, 5.41) is 2.89. The fraction of sp³-hybridized carbons (Fsp3) is 0.462. The third-order valence-corrected chi connectivity index (χ3v) is 2.75. The first-order valence-electron chi connectivity index (χ1n) is 5.91. The first kappa shape index (κ1) is 11.9. The van der Waals surface area contributed by atoms with Gasteiger partial charge in [0.2, 0.25) is 5.91 Å². The highest BCUT2D eigenvalue weighted by Crippen LogP contribution is 2.25. The predicted molar refractivity (Wildman–Crippen MR) is 65.2 cm³/mol. The highest BCUT2D eigenvalue weighted by molar-refractivity contribution is 5.94. The summed E-state index contributed by atoms with van der Waals surface area (Å²) in [4.78, 5) is 11.9. The van der Waals surface area contributed by atoms with Gasteiger partial charge in [-0.15, -0.1) is 0 Å². The second-order valence-electron chi connectivity index (χ2n) is 3.98. The van der Waals surface area contributed by atoms with Crippen molar-refractivity contribution in [1.29, 1.82) is 0 Å². The molecule has 1 saturated heterocycles. The molecule has 1 atom stereocenters. The lowest BCUT2D eigenvalue weighted by Crippen LogP contribution is -2.23. The lowest BCUT2D eigenvalue weighted by molar-refractivity contribution is -0.119. The number of rotatable bonds is 4. The van der Waals surface area contributed by atoms with Crippen molar-refractivity contribution in [3.8, 4) is 5.75 Å². The van der Waals surface area contributed by atoms with Gasteiger partial charge in [0.05, 0.1) is 24.8 Å². The van der Waals surface area contributed by atoms with E-state index in [4.69, 9.17) is 9.47 Å². The Kier molecular flexibility index (Phi) is 3.98. The Labute approximate surface area is 101 Å². The van der Waals surface area contributed by atoms with Crippen molar-refractivity contribution in [1.82, 2.24) is 0 Å². The number of carbonyl (C=O) groups is 1. The van der Waals surface area contributed by atoms with Crippen LogP contribution in [-0.4, -0.2) is 25.7 Å². The topological polar surface area (TPSA) is 47.6 Å². The van der Waals surface area contributed by atoms with Crippen molar-refractivity contribution in [2.75, 3.05) is 25.1 Å². The van der Waals surface area contributed by atoms with Crippen molar-refractivity contribution >= 4 is 11.6 Å². The maximum Gasteiger partial charge on any atom is 0.230 e. The van der Waals surface area contributed by atoms with E-state index in [1.165, 1.54) is 0 Å². The van der Waals surface area contributed by atoms with E-state index in [9.17, 15) is 4.79 Å². The average Bonchev–Trinajstić information content (AvgIpc) is 2.85. The number of nitrogens with one attached hydrogen (secondary N) is 1. The summed E-state index contributed by atoms with van der Waals surface area (Å²) in [5.41, 5.74) is 0.728. The third kappa shape index (κ3) is 2.97. The van der Waals surface area contributed by atoms with Crippen molar-refractivity contribution in [2.24, 2.45) is 5.92 Å². The van der Waals surface area contributed by atoms with Gasteiger partial charge in [-0.25, -0.2) is 0 Å². The van der Waals surface area contributed by atoms with Crippen LogP contribution in [0, 0.1) is 5.92 Å². The molecule has 92 valence electrons. The van der Waals surface area contributed by atoms with Gasteiger partial charge in [-0.3, -0.25) is 4.79 Å². The highest BCUT2D eigenvalue weighted by Gasteiger charge is 2.24. The van der Waals surface area contributed by atoms with Gasteiger partial charge in [0.25, 0.3) is 0 Å². The van der Waals surface area contributed by atoms with Crippen LogP contribution in [0.15, 0.2) is 24.3 Å². The van der Waals surface area contributed by atoms with Crippen molar-refractivity contribution in [3.05, 3.63) is 24.3 Å². The van der Waals surface area contributed by atoms with Crippen LogP contribution in [0.3, 0.4) is 0 Å². The normalized spacial score (nSPS) is 19.0. The molecule has 4 nitrogen and oxygen atoms in total. The summed E-state index contributed by atoms with van der Waals surface area (Å²) >= 11 is 0. The number of ether oxygens (including phenoxy) is 2. The smallest absolute Gasteiger partial charge is 0.230 e. The first-order chi connectivity index (χ1) is 8.31. The Morgan fingerprint density at radius 3 is 3.06 bits per heavy atom. The molecule has 1 aliphatic rings. The van der Waals surface area contributed by atoms with Crippen molar-refractivity contribution in [3.63, 3.8) is 0 Å². The summed E-state index contributed by atoms with van der Waals surface area (Å²) in [6, 6.07) is 7.46. The first-order valence-corrected chi connectivity index (χ1v) is 5.91. The number of anilines is 1. The predicted octanol–water partition coefficient (Wildman–Crippen LogP) is 2.06. The van der Waals surface area contributed by atoms with E-state index >= 15 is 0 Å². The summed E-state index contributed by atoms with van der Waals surface area (Å²) in [5.74, 6) is 0.682. The Morgan fingerprint density at radius 1 is 1.53 bits per heavy atom. The summed E-state index contributed by atoms with van der Waals surface area (Å²) in [7, 11) is 0. The Hall–Kier alpha value is -1.55. The lowest BCUT2D eigenvalue weighted by Gasteiger charge is -2.13. The second-order valence-corrected chi connectivity index (χ2v) is 3.98. The van der Waals surface area contributed by atoms with Crippen LogP contribution in [0.1, 0.15) is 13.3 Å². The van der Waals surface area contributed by atoms with Crippen molar-refractivity contribution < 1.29 is 14.3 Å². The van der Waals surface area contributed by atoms with E-state index in [1.54, 1.807) is 0 Å². The minimum Gasteiger partial charge on any atom is -0.492 e. The van der Waals surface area contributed by atoms with Crippen molar-refractivity contribution in [2.45, 2.75) is 13.3 Å². The molecular formula is C13H17NO3. The molecule has 0 aromatic heterocycles. The Bertz CT molecular complexity index is 386. The van der Waals surface area contributed by atoms with Gasteiger partial charge >= 0.3 is 0 Å². The van der Waals surface area contributed by atoms with E-state index in [0.29, 0.717) is 25.6 Å². The minimum absolute atomic E-state index is 0.00894. The molecule has 0 bridgehead atoms. The number of amides is 1. The highest BCUT2D eigenvalue weighted by atomic mass is 16.5. The van der Waals surface area contributed by atoms with Crippen LogP contribution in [-0.2, 0) is 9.53 Å². The van der Waals surface area contributed by atoms with Crippen LogP contribution in [0.2, 0.25) is 0 Å². The second kappa shape index (κ2) is 5.68. The molecule has 0 spiro atoms. The largest absolute Gasteiger partial charge is 0.492 e. The Balaban J connectivity index is 2.04. The zero-order chi connectivity index (χ0) is 12.1. The molecule has 2 rings (SSSR count). The molecule has 17 heavy (non-hydrogen) atoms. The Morgan fingerprint density at radius 2 is 2.35 bits per heavy atom. The SMILES string of the molecule is CCOc1ccccc1NC(=O)C1CCOC1.